The fraction of sp³-hybridized carbons (Fsp3) is 0.714. The average Bonchev–Trinajstić information content (AvgIpc) is 2.01. The Bertz CT molecular complexity index is 198. The van der Waals surface area contributed by atoms with Crippen LogP contribution in [0.15, 0.2) is 0 Å². The lowest BCUT2D eigenvalue weighted by Gasteiger charge is -2.02. The van der Waals surface area contributed by atoms with Crippen molar-refractivity contribution in [2.24, 2.45) is 0 Å². The summed E-state index contributed by atoms with van der Waals surface area (Å²) in [5.41, 5.74) is 0. The molecule has 0 spiro atoms. The highest BCUT2D eigenvalue weighted by Gasteiger charge is 2.42. The molecule has 0 heterocycles. The summed E-state index contributed by atoms with van der Waals surface area (Å²) in [7, 11) is 0. The van der Waals surface area contributed by atoms with E-state index in [1.54, 1.807) is 0 Å². The van der Waals surface area contributed by atoms with Gasteiger partial charge < -0.3 is 5.11 Å². The fourth-order valence-corrected chi connectivity index (χ4v) is 0.669. The maximum atomic E-state index is 11.6. The van der Waals surface area contributed by atoms with Crippen molar-refractivity contribution in [2.45, 2.75) is 25.4 Å². The van der Waals surface area contributed by atoms with Gasteiger partial charge >= 0.3 is 12.0 Å². The van der Waals surface area contributed by atoms with Crippen LogP contribution in [0.1, 0.15) is 19.3 Å². The van der Waals surface area contributed by atoms with E-state index >= 15 is 0 Å². The average molecular weight is 198 g/mol. The molecule has 0 fully saturated rings. The number of alkyl halides is 3. The van der Waals surface area contributed by atoms with Gasteiger partial charge in [0, 0.05) is 13.0 Å². The van der Waals surface area contributed by atoms with Gasteiger partial charge in [-0.2, -0.15) is 13.2 Å². The Morgan fingerprint density at radius 3 is 2.08 bits per heavy atom. The number of aliphatic hydroxyl groups excluding tert-OH is 1. The Morgan fingerprint density at radius 1 is 1.15 bits per heavy atom. The van der Waals surface area contributed by atoms with Gasteiger partial charge in [-0.1, -0.05) is 0 Å². The Kier molecular flexibility index (Phi) is 4.61. The highest BCUT2D eigenvalue weighted by molar-refractivity contribution is 6.39. The second-order valence-electron chi connectivity index (χ2n) is 2.43. The van der Waals surface area contributed by atoms with Crippen molar-refractivity contribution in [1.29, 1.82) is 0 Å². The third-order valence-electron chi connectivity index (χ3n) is 1.32. The number of hydrogen-bond acceptors (Lipinski definition) is 3. The molecule has 1 N–H and O–H groups in total. The van der Waals surface area contributed by atoms with Crippen molar-refractivity contribution < 1.29 is 27.9 Å². The summed E-state index contributed by atoms with van der Waals surface area (Å²) in [6, 6.07) is 0. The van der Waals surface area contributed by atoms with Crippen LogP contribution in [-0.4, -0.2) is 29.5 Å². The SMILES string of the molecule is O=C(CCCCO)C(=O)C(F)(F)F. The number of ketones is 2. The molecule has 3 nitrogen and oxygen atoms in total. The predicted molar refractivity (Wildman–Crippen MR) is 37.0 cm³/mol. The van der Waals surface area contributed by atoms with Crippen LogP contribution in [0.2, 0.25) is 0 Å². The number of unbranched alkanes of at least 4 members (excludes halogenated alkanes) is 1. The number of Topliss-reactive ketones (excluding diaryl/α,β-unsaturated/α-hetero) is 2. The Morgan fingerprint density at radius 2 is 1.69 bits per heavy atom. The molecule has 0 aliphatic heterocycles. The van der Waals surface area contributed by atoms with E-state index < -0.39 is 24.2 Å². The van der Waals surface area contributed by atoms with Gasteiger partial charge in [-0.25, -0.2) is 0 Å². The maximum absolute atomic E-state index is 11.6. The van der Waals surface area contributed by atoms with Gasteiger partial charge in [0.05, 0.1) is 0 Å². The van der Waals surface area contributed by atoms with E-state index in [0.29, 0.717) is 0 Å². The molecule has 0 aromatic carbocycles. The molecule has 0 aliphatic rings. The van der Waals surface area contributed by atoms with E-state index in [9.17, 15) is 22.8 Å². The summed E-state index contributed by atoms with van der Waals surface area (Å²) in [6.45, 7) is -0.201. The second-order valence-corrected chi connectivity index (χ2v) is 2.43. The Hall–Kier alpha value is -0.910. The standard InChI is InChI=1S/C7H9F3O3/c8-7(9,10)6(13)5(12)3-1-2-4-11/h11H,1-4H2. The molecule has 0 bridgehead atoms. The van der Waals surface area contributed by atoms with Gasteiger partial charge in [0.2, 0.25) is 5.78 Å². The highest BCUT2D eigenvalue weighted by Crippen LogP contribution is 2.17. The molecule has 0 unspecified atom stereocenters. The molecule has 0 aromatic heterocycles. The van der Waals surface area contributed by atoms with Crippen LogP contribution in [0, 0.1) is 0 Å². The fourth-order valence-electron chi connectivity index (χ4n) is 0.669. The first-order valence-corrected chi connectivity index (χ1v) is 3.64. The number of carbonyl (C=O) groups excluding carboxylic acids is 2. The van der Waals surface area contributed by atoms with Gasteiger partial charge in [-0.05, 0) is 12.8 Å². The van der Waals surface area contributed by atoms with Crippen LogP contribution < -0.4 is 0 Å². The molecule has 0 saturated carbocycles. The minimum absolute atomic E-state index is 0.0944. The van der Waals surface area contributed by atoms with Gasteiger partial charge in [0.1, 0.15) is 0 Å². The molecule has 0 rings (SSSR count). The summed E-state index contributed by atoms with van der Waals surface area (Å²) < 4.78 is 34.8. The normalized spacial score (nSPS) is 11.4. The van der Waals surface area contributed by atoms with Crippen LogP contribution in [0.4, 0.5) is 13.2 Å². The van der Waals surface area contributed by atoms with Crippen LogP contribution in [0.25, 0.3) is 0 Å². The number of carbonyl (C=O) groups is 2. The molecule has 0 amide bonds. The highest BCUT2D eigenvalue weighted by atomic mass is 19.4. The molecule has 0 aliphatic carbocycles. The topological polar surface area (TPSA) is 54.4 Å². The lowest BCUT2D eigenvalue weighted by Crippen LogP contribution is -2.30. The van der Waals surface area contributed by atoms with Gasteiger partial charge in [-0.3, -0.25) is 9.59 Å². The molecular weight excluding hydrogens is 189 g/mol. The molecule has 6 heteroatoms. The minimum atomic E-state index is -5.07. The first-order chi connectivity index (χ1) is 5.89. The van der Waals surface area contributed by atoms with Gasteiger partial charge in [0.15, 0.2) is 0 Å². The third kappa shape index (κ3) is 4.62. The summed E-state index contributed by atoms with van der Waals surface area (Å²) in [4.78, 5) is 20.7. The lowest BCUT2D eigenvalue weighted by atomic mass is 10.1. The van der Waals surface area contributed by atoms with E-state index in [1.165, 1.54) is 0 Å². The van der Waals surface area contributed by atoms with Gasteiger partial charge in [0.25, 0.3) is 0 Å². The zero-order chi connectivity index (χ0) is 10.5. The van der Waals surface area contributed by atoms with E-state index in [0.717, 1.165) is 0 Å². The Balaban J connectivity index is 3.92. The van der Waals surface area contributed by atoms with Crippen LogP contribution in [0.5, 0.6) is 0 Å². The molecular formula is C7H9F3O3. The summed E-state index contributed by atoms with van der Waals surface area (Å²) in [5, 5.41) is 8.26. The van der Waals surface area contributed by atoms with E-state index in [-0.39, 0.29) is 19.4 Å². The number of hydrogen-bond donors (Lipinski definition) is 1. The second kappa shape index (κ2) is 4.96. The van der Waals surface area contributed by atoms with Gasteiger partial charge in [-0.15, -0.1) is 0 Å². The van der Waals surface area contributed by atoms with E-state index in [4.69, 9.17) is 5.11 Å². The first kappa shape index (κ1) is 12.1. The Labute approximate surface area is 72.5 Å². The number of halogens is 3. The third-order valence-corrected chi connectivity index (χ3v) is 1.32. The summed E-state index contributed by atoms with van der Waals surface area (Å²) in [5.74, 6) is -3.76. The van der Waals surface area contributed by atoms with Crippen LogP contribution in [0.3, 0.4) is 0 Å². The summed E-state index contributed by atoms with van der Waals surface area (Å²) >= 11 is 0. The maximum Gasteiger partial charge on any atom is 0.458 e. The van der Waals surface area contributed by atoms with E-state index in [2.05, 4.69) is 0 Å². The molecule has 0 radical (unpaired) electrons. The van der Waals surface area contributed by atoms with Crippen molar-refractivity contribution in [1.82, 2.24) is 0 Å². The van der Waals surface area contributed by atoms with Crippen molar-refractivity contribution >= 4 is 11.6 Å². The molecule has 13 heavy (non-hydrogen) atoms. The summed E-state index contributed by atoms with van der Waals surface area (Å²) in [6.07, 6.45) is -5.22. The largest absolute Gasteiger partial charge is 0.458 e. The van der Waals surface area contributed by atoms with Crippen molar-refractivity contribution in [3.05, 3.63) is 0 Å². The molecule has 76 valence electrons. The van der Waals surface area contributed by atoms with Crippen LogP contribution in [-0.2, 0) is 9.59 Å². The predicted octanol–water partition coefficient (Wildman–Crippen LogP) is 0.849. The van der Waals surface area contributed by atoms with Crippen molar-refractivity contribution in [3.8, 4) is 0 Å². The number of aliphatic hydroxyl groups is 1. The molecule has 0 saturated heterocycles. The monoisotopic (exact) mass is 198 g/mol. The zero-order valence-electron chi connectivity index (χ0n) is 6.73. The van der Waals surface area contributed by atoms with Crippen molar-refractivity contribution in [2.75, 3.05) is 6.61 Å². The smallest absolute Gasteiger partial charge is 0.396 e. The van der Waals surface area contributed by atoms with E-state index in [1.807, 2.05) is 0 Å². The van der Waals surface area contributed by atoms with Crippen LogP contribution >= 0.6 is 0 Å². The molecule has 0 aromatic rings. The minimum Gasteiger partial charge on any atom is -0.396 e. The quantitative estimate of drug-likeness (QED) is 0.526. The number of rotatable bonds is 5. The molecule has 0 atom stereocenters. The lowest BCUT2D eigenvalue weighted by molar-refractivity contribution is -0.174. The first-order valence-electron chi connectivity index (χ1n) is 3.64. The van der Waals surface area contributed by atoms with Crippen molar-refractivity contribution in [3.63, 3.8) is 0 Å². The zero-order valence-corrected chi connectivity index (χ0v) is 6.73.